The molecule has 1 rings (SSSR count). The second-order valence-electron chi connectivity index (χ2n) is 4.31. The van der Waals surface area contributed by atoms with Crippen LogP contribution in [0.2, 0.25) is 10.0 Å². The maximum Gasteiger partial charge on any atom is 0.0595 e. The monoisotopic (exact) mass is 307 g/mol. The van der Waals surface area contributed by atoms with Crippen LogP contribution in [0.1, 0.15) is 25.5 Å². The van der Waals surface area contributed by atoms with Crippen LogP contribution in [0.3, 0.4) is 0 Å². The standard InChI is InChI=1S/C13H19Cl2NOS/c1-8(16-9(2)13(7-17)18-3)10-4-5-11(14)12(15)6-10/h4-6,8-9,13,16-17H,7H2,1-3H3. The van der Waals surface area contributed by atoms with Crippen LogP contribution < -0.4 is 5.32 Å². The fourth-order valence-corrected chi connectivity index (χ4v) is 2.76. The molecule has 0 saturated carbocycles. The zero-order chi connectivity index (χ0) is 13.7. The quantitative estimate of drug-likeness (QED) is 0.839. The number of hydrogen-bond acceptors (Lipinski definition) is 3. The first-order chi connectivity index (χ1) is 8.49. The van der Waals surface area contributed by atoms with Crippen molar-refractivity contribution < 1.29 is 5.11 Å². The SMILES string of the molecule is CSC(CO)C(C)NC(C)c1ccc(Cl)c(Cl)c1. The van der Waals surface area contributed by atoms with Crippen molar-refractivity contribution in [3.63, 3.8) is 0 Å². The number of nitrogens with one attached hydrogen (secondary N) is 1. The van der Waals surface area contributed by atoms with E-state index in [0.717, 1.165) is 5.56 Å². The lowest BCUT2D eigenvalue weighted by atomic mass is 10.1. The maximum atomic E-state index is 9.26. The molecule has 0 heterocycles. The van der Waals surface area contributed by atoms with Crippen molar-refractivity contribution in [3.8, 4) is 0 Å². The van der Waals surface area contributed by atoms with Crippen molar-refractivity contribution in [2.75, 3.05) is 12.9 Å². The number of thioether (sulfide) groups is 1. The molecule has 0 fully saturated rings. The van der Waals surface area contributed by atoms with Gasteiger partial charge in [0.1, 0.15) is 0 Å². The zero-order valence-electron chi connectivity index (χ0n) is 10.8. The van der Waals surface area contributed by atoms with E-state index >= 15 is 0 Å². The molecule has 0 aliphatic rings. The lowest BCUT2D eigenvalue weighted by molar-refractivity contribution is 0.272. The fourth-order valence-electron chi connectivity index (χ4n) is 1.82. The molecule has 1 aromatic carbocycles. The summed E-state index contributed by atoms with van der Waals surface area (Å²) in [6, 6.07) is 6.03. The highest BCUT2D eigenvalue weighted by atomic mass is 35.5. The lowest BCUT2D eigenvalue weighted by Gasteiger charge is -2.25. The van der Waals surface area contributed by atoms with Crippen LogP contribution in [-0.4, -0.2) is 29.3 Å². The normalized spacial score (nSPS) is 16.3. The minimum atomic E-state index is 0.163. The summed E-state index contributed by atoms with van der Waals surface area (Å²) in [6.07, 6.45) is 2.00. The predicted molar refractivity (Wildman–Crippen MR) is 81.9 cm³/mol. The molecule has 102 valence electrons. The highest BCUT2D eigenvalue weighted by molar-refractivity contribution is 7.99. The van der Waals surface area contributed by atoms with Gasteiger partial charge in [-0.3, -0.25) is 0 Å². The number of hydrogen-bond donors (Lipinski definition) is 2. The Morgan fingerprint density at radius 3 is 2.44 bits per heavy atom. The van der Waals surface area contributed by atoms with Gasteiger partial charge in [-0.2, -0.15) is 11.8 Å². The van der Waals surface area contributed by atoms with Gasteiger partial charge in [0, 0.05) is 17.3 Å². The van der Waals surface area contributed by atoms with Gasteiger partial charge in [-0.05, 0) is 37.8 Å². The number of aliphatic hydroxyl groups excluding tert-OH is 1. The van der Waals surface area contributed by atoms with Crippen molar-refractivity contribution in [1.82, 2.24) is 5.32 Å². The van der Waals surface area contributed by atoms with Crippen molar-refractivity contribution in [3.05, 3.63) is 33.8 Å². The van der Waals surface area contributed by atoms with E-state index in [4.69, 9.17) is 23.2 Å². The van der Waals surface area contributed by atoms with Gasteiger partial charge in [0.2, 0.25) is 0 Å². The summed E-state index contributed by atoms with van der Waals surface area (Å²) in [5, 5.41) is 14.0. The molecular weight excluding hydrogens is 289 g/mol. The molecule has 0 bridgehead atoms. The summed E-state index contributed by atoms with van der Waals surface area (Å²) < 4.78 is 0. The molecule has 3 atom stereocenters. The largest absolute Gasteiger partial charge is 0.395 e. The van der Waals surface area contributed by atoms with Crippen LogP contribution in [0.4, 0.5) is 0 Å². The van der Waals surface area contributed by atoms with Crippen LogP contribution in [0, 0.1) is 0 Å². The van der Waals surface area contributed by atoms with Gasteiger partial charge in [-0.25, -0.2) is 0 Å². The first kappa shape index (κ1) is 16.1. The third kappa shape index (κ3) is 4.32. The Hall–Kier alpha value is 0.0700. The van der Waals surface area contributed by atoms with Crippen LogP contribution in [-0.2, 0) is 0 Å². The summed E-state index contributed by atoms with van der Waals surface area (Å²) in [7, 11) is 0. The van der Waals surface area contributed by atoms with Gasteiger partial charge in [-0.15, -0.1) is 0 Å². The van der Waals surface area contributed by atoms with Crippen molar-refractivity contribution in [2.45, 2.75) is 31.2 Å². The van der Waals surface area contributed by atoms with Crippen LogP contribution in [0.25, 0.3) is 0 Å². The molecule has 18 heavy (non-hydrogen) atoms. The van der Waals surface area contributed by atoms with Crippen LogP contribution in [0.5, 0.6) is 0 Å². The van der Waals surface area contributed by atoms with Crippen molar-refractivity contribution >= 4 is 35.0 Å². The van der Waals surface area contributed by atoms with Gasteiger partial charge in [-0.1, -0.05) is 29.3 Å². The van der Waals surface area contributed by atoms with Gasteiger partial charge < -0.3 is 10.4 Å². The second-order valence-corrected chi connectivity index (χ2v) is 6.20. The van der Waals surface area contributed by atoms with Crippen LogP contribution >= 0.6 is 35.0 Å². The fraction of sp³-hybridized carbons (Fsp3) is 0.538. The predicted octanol–water partition coefficient (Wildman–Crippen LogP) is 3.76. The Bertz CT molecular complexity index is 385. The Morgan fingerprint density at radius 1 is 1.28 bits per heavy atom. The summed E-state index contributed by atoms with van der Waals surface area (Å²) in [5.41, 5.74) is 1.09. The van der Waals surface area contributed by atoms with Gasteiger partial charge in [0.05, 0.1) is 16.7 Å². The highest BCUT2D eigenvalue weighted by Gasteiger charge is 2.18. The Morgan fingerprint density at radius 2 is 1.94 bits per heavy atom. The first-order valence-corrected chi connectivity index (χ1v) is 7.88. The summed E-state index contributed by atoms with van der Waals surface area (Å²) in [6.45, 7) is 4.32. The molecule has 5 heteroatoms. The smallest absolute Gasteiger partial charge is 0.0595 e. The van der Waals surface area contributed by atoms with Gasteiger partial charge in [0.15, 0.2) is 0 Å². The molecule has 0 amide bonds. The van der Waals surface area contributed by atoms with Crippen molar-refractivity contribution in [1.29, 1.82) is 0 Å². The number of benzene rings is 1. The molecule has 1 aromatic rings. The van der Waals surface area contributed by atoms with E-state index in [0.29, 0.717) is 10.0 Å². The highest BCUT2D eigenvalue weighted by Crippen LogP contribution is 2.26. The summed E-state index contributed by atoms with van der Waals surface area (Å²) in [4.78, 5) is 0. The Labute approximate surface area is 123 Å². The molecule has 3 unspecified atom stereocenters. The molecule has 0 aliphatic heterocycles. The molecule has 2 N–H and O–H groups in total. The minimum absolute atomic E-state index is 0.163. The van der Waals surface area contributed by atoms with Gasteiger partial charge in [0.25, 0.3) is 0 Å². The Balaban J connectivity index is 2.69. The van der Waals surface area contributed by atoms with E-state index in [1.165, 1.54) is 0 Å². The summed E-state index contributed by atoms with van der Waals surface area (Å²) in [5.74, 6) is 0. The summed E-state index contributed by atoms with van der Waals surface area (Å²) >= 11 is 13.6. The molecule has 0 aliphatic carbocycles. The van der Waals surface area contributed by atoms with E-state index < -0.39 is 0 Å². The second kappa shape index (κ2) is 7.61. The number of halogens is 2. The minimum Gasteiger partial charge on any atom is -0.395 e. The van der Waals surface area contributed by atoms with Crippen LogP contribution in [0.15, 0.2) is 18.2 Å². The molecule has 2 nitrogen and oxygen atoms in total. The van der Waals surface area contributed by atoms with Crippen molar-refractivity contribution in [2.24, 2.45) is 0 Å². The molecule has 0 spiro atoms. The maximum absolute atomic E-state index is 9.26. The number of rotatable bonds is 6. The van der Waals surface area contributed by atoms with E-state index in [2.05, 4.69) is 19.2 Å². The van der Waals surface area contributed by atoms with Gasteiger partial charge >= 0.3 is 0 Å². The lowest BCUT2D eigenvalue weighted by Crippen LogP contribution is -2.38. The van der Waals surface area contributed by atoms with E-state index in [9.17, 15) is 5.11 Å². The molecule has 0 saturated heterocycles. The van der Waals surface area contributed by atoms with E-state index in [1.807, 2.05) is 18.4 Å². The van der Waals surface area contributed by atoms with E-state index in [1.54, 1.807) is 17.8 Å². The number of aliphatic hydroxyl groups is 1. The molecule has 0 aromatic heterocycles. The zero-order valence-corrected chi connectivity index (χ0v) is 13.1. The van der Waals surface area contributed by atoms with E-state index in [-0.39, 0.29) is 23.9 Å². The average Bonchev–Trinajstić information content (AvgIpc) is 2.34. The Kier molecular flexibility index (Phi) is 6.82. The average molecular weight is 308 g/mol. The first-order valence-electron chi connectivity index (χ1n) is 5.84. The molecular formula is C13H19Cl2NOS. The third-order valence-corrected chi connectivity index (χ3v) is 4.90. The third-order valence-electron chi connectivity index (χ3n) is 3.00. The topological polar surface area (TPSA) is 32.3 Å². The molecule has 0 radical (unpaired) electrons.